The van der Waals surface area contributed by atoms with E-state index in [-0.39, 0.29) is 24.1 Å². The fraction of sp³-hybridized carbons (Fsp3) is 0.562. The number of hydrogen-bond donors (Lipinski definition) is 2. The van der Waals surface area contributed by atoms with Crippen molar-refractivity contribution in [2.75, 3.05) is 32.7 Å². The van der Waals surface area contributed by atoms with E-state index in [1.807, 2.05) is 0 Å². The molecular formula is C16H23ClF3N3O2. The fourth-order valence-corrected chi connectivity index (χ4v) is 2.56. The third-order valence-corrected chi connectivity index (χ3v) is 3.88. The van der Waals surface area contributed by atoms with Crippen LogP contribution in [0.4, 0.5) is 13.2 Å². The van der Waals surface area contributed by atoms with Crippen LogP contribution in [0.3, 0.4) is 0 Å². The molecular weight excluding hydrogens is 359 g/mol. The van der Waals surface area contributed by atoms with Crippen LogP contribution in [0.1, 0.15) is 12.5 Å². The predicted octanol–water partition coefficient (Wildman–Crippen LogP) is 1.96. The van der Waals surface area contributed by atoms with Crippen LogP contribution in [-0.2, 0) is 11.2 Å². The maximum absolute atomic E-state index is 12.1. The molecule has 0 aromatic heterocycles. The lowest BCUT2D eigenvalue weighted by atomic mass is 10.1. The molecule has 1 heterocycles. The van der Waals surface area contributed by atoms with Gasteiger partial charge in [0.25, 0.3) is 0 Å². The largest absolute Gasteiger partial charge is 0.573 e. The first kappa shape index (κ1) is 21.5. The highest BCUT2D eigenvalue weighted by Gasteiger charge is 2.30. The van der Waals surface area contributed by atoms with Crippen LogP contribution in [0.5, 0.6) is 5.75 Å². The smallest absolute Gasteiger partial charge is 0.406 e. The number of hydrogen-bond acceptors (Lipinski definition) is 4. The summed E-state index contributed by atoms with van der Waals surface area (Å²) in [4.78, 5) is 14.1. The highest BCUT2D eigenvalue weighted by Crippen LogP contribution is 2.22. The molecule has 1 fully saturated rings. The van der Waals surface area contributed by atoms with Gasteiger partial charge in [0.2, 0.25) is 5.91 Å². The number of halogens is 4. The lowest BCUT2D eigenvalue weighted by Gasteiger charge is -2.33. The van der Waals surface area contributed by atoms with E-state index in [2.05, 4.69) is 27.2 Å². The summed E-state index contributed by atoms with van der Waals surface area (Å²) in [6, 6.07) is 5.99. The van der Waals surface area contributed by atoms with E-state index < -0.39 is 6.36 Å². The number of alkyl halides is 3. The Morgan fingerprint density at radius 2 is 2.04 bits per heavy atom. The van der Waals surface area contributed by atoms with Crippen molar-refractivity contribution in [1.29, 1.82) is 0 Å². The van der Waals surface area contributed by atoms with Crippen molar-refractivity contribution in [3.8, 4) is 5.75 Å². The van der Waals surface area contributed by atoms with E-state index >= 15 is 0 Å². The standard InChI is InChI=1S/C16H22F3N3O2.ClH/c1-12-10-20-8-9-22(12)11-15(23)21-7-6-13-2-4-14(5-3-13)24-16(17,18)19;/h2-5,12,20H,6-11H2,1H3,(H,21,23);1H/t12-;/m1./s1. The molecule has 0 bridgehead atoms. The first-order valence-electron chi connectivity index (χ1n) is 7.89. The van der Waals surface area contributed by atoms with Crippen LogP contribution >= 0.6 is 12.4 Å². The summed E-state index contributed by atoms with van der Waals surface area (Å²) < 4.78 is 40.0. The van der Waals surface area contributed by atoms with Crippen molar-refractivity contribution in [3.05, 3.63) is 29.8 Å². The molecule has 2 N–H and O–H groups in total. The van der Waals surface area contributed by atoms with Crippen molar-refractivity contribution in [2.45, 2.75) is 25.7 Å². The molecule has 2 rings (SSSR count). The van der Waals surface area contributed by atoms with Crippen molar-refractivity contribution in [3.63, 3.8) is 0 Å². The second-order valence-corrected chi connectivity index (χ2v) is 5.82. The van der Waals surface area contributed by atoms with E-state index in [9.17, 15) is 18.0 Å². The number of carbonyl (C=O) groups excluding carboxylic acids is 1. The zero-order valence-corrected chi connectivity index (χ0v) is 14.8. The van der Waals surface area contributed by atoms with Gasteiger partial charge in [0.1, 0.15) is 5.75 Å². The van der Waals surface area contributed by atoms with E-state index in [0.29, 0.717) is 25.6 Å². The summed E-state index contributed by atoms with van der Waals surface area (Å²) >= 11 is 0. The zero-order valence-electron chi connectivity index (χ0n) is 13.9. The quantitative estimate of drug-likeness (QED) is 0.791. The van der Waals surface area contributed by atoms with Gasteiger partial charge in [-0.1, -0.05) is 12.1 Å². The van der Waals surface area contributed by atoms with Gasteiger partial charge in [-0.2, -0.15) is 0 Å². The highest BCUT2D eigenvalue weighted by molar-refractivity contribution is 5.85. The van der Waals surface area contributed by atoms with Gasteiger partial charge >= 0.3 is 6.36 Å². The van der Waals surface area contributed by atoms with Crippen LogP contribution < -0.4 is 15.4 Å². The molecule has 0 radical (unpaired) electrons. The molecule has 9 heteroatoms. The monoisotopic (exact) mass is 381 g/mol. The Morgan fingerprint density at radius 1 is 1.36 bits per heavy atom. The minimum absolute atomic E-state index is 0. The Bertz CT molecular complexity index is 540. The molecule has 5 nitrogen and oxygen atoms in total. The first-order valence-corrected chi connectivity index (χ1v) is 7.89. The third kappa shape index (κ3) is 7.94. The number of piperazine rings is 1. The summed E-state index contributed by atoms with van der Waals surface area (Å²) in [6.07, 6.45) is -4.13. The molecule has 0 spiro atoms. The molecule has 25 heavy (non-hydrogen) atoms. The van der Waals surface area contributed by atoms with Crippen LogP contribution in [-0.4, -0.2) is 55.9 Å². The van der Waals surface area contributed by atoms with Crippen molar-refractivity contribution < 1.29 is 22.7 Å². The molecule has 1 atom stereocenters. The van der Waals surface area contributed by atoms with Gasteiger partial charge in [0, 0.05) is 32.2 Å². The van der Waals surface area contributed by atoms with Crippen molar-refractivity contribution in [1.82, 2.24) is 15.5 Å². The SMILES string of the molecule is C[C@@H]1CNCCN1CC(=O)NCCc1ccc(OC(F)(F)F)cc1.Cl. The molecule has 0 saturated carbocycles. The molecule has 142 valence electrons. The maximum atomic E-state index is 12.1. The lowest BCUT2D eigenvalue weighted by Crippen LogP contribution is -2.52. The minimum Gasteiger partial charge on any atom is -0.406 e. The van der Waals surface area contributed by atoms with Gasteiger partial charge in [-0.25, -0.2) is 0 Å². The molecule has 1 aliphatic rings. The number of carbonyl (C=O) groups is 1. The number of nitrogens with zero attached hydrogens (tertiary/aromatic N) is 1. The fourth-order valence-electron chi connectivity index (χ4n) is 2.56. The summed E-state index contributed by atoms with van der Waals surface area (Å²) in [7, 11) is 0. The minimum atomic E-state index is -4.68. The molecule has 1 amide bonds. The van der Waals surface area contributed by atoms with Crippen LogP contribution in [0.25, 0.3) is 0 Å². The zero-order chi connectivity index (χ0) is 17.6. The molecule has 1 aliphatic heterocycles. The average Bonchev–Trinajstić information content (AvgIpc) is 2.50. The van der Waals surface area contributed by atoms with Gasteiger partial charge in [-0.15, -0.1) is 25.6 Å². The Labute approximate surface area is 151 Å². The molecule has 1 aromatic rings. The third-order valence-electron chi connectivity index (χ3n) is 3.88. The second-order valence-electron chi connectivity index (χ2n) is 5.82. The van der Waals surface area contributed by atoms with Crippen LogP contribution in [0.2, 0.25) is 0 Å². The number of nitrogens with one attached hydrogen (secondary N) is 2. The van der Waals surface area contributed by atoms with Gasteiger partial charge in [0.05, 0.1) is 6.54 Å². The summed E-state index contributed by atoms with van der Waals surface area (Å²) in [5, 5.41) is 6.11. The number of ether oxygens (including phenoxy) is 1. The highest BCUT2D eigenvalue weighted by atomic mass is 35.5. The van der Waals surface area contributed by atoms with Crippen molar-refractivity contribution >= 4 is 18.3 Å². The topological polar surface area (TPSA) is 53.6 Å². The Kier molecular flexibility index (Phi) is 8.47. The van der Waals surface area contributed by atoms with Gasteiger partial charge in [-0.05, 0) is 31.0 Å². The number of rotatable bonds is 6. The van der Waals surface area contributed by atoms with E-state index in [1.165, 1.54) is 12.1 Å². The average molecular weight is 382 g/mol. The van der Waals surface area contributed by atoms with Gasteiger partial charge in [0.15, 0.2) is 0 Å². The number of benzene rings is 1. The second kappa shape index (κ2) is 9.84. The Morgan fingerprint density at radius 3 is 2.64 bits per heavy atom. The van der Waals surface area contributed by atoms with E-state index in [4.69, 9.17) is 0 Å². The summed E-state index contributed by atoms with van der Waals surface area (Å²) in [6.45, 7) is 5.48. The predicted molar refractivity (Wildman–Crippen MR) is 91.0 cm³/mol. The van der Waals surface area contributed by atoms with Crippen LogP contribution in [0.15, 0.2) is 24.3 Å². The normalized spacial score (nSPS) is 18.3. The summed E-state index contributed by atoms with van der Waals surface area (Å²) in [5.41, 5.74) is 0.834. The molecule has 1 aromatic carbocycles. The van der Waals surface area contributed by atoms with Gasteiger partial charge in [-0.3, -0.25) is 9.69 Å². The maximum Gasteiger partial charge on any atom is 0.573 e. The number of amides is 1. The first-order chi connectivity index (χ1) is 11.3. The Hall–Kier alpha value is -1.51. The van der Waals surface area contributed by atoms with E-state index in [1.54, 1.807) is 12.1 Å². The van der Waals surface area contributed by atoms with Crippen molar-refractivity contribution in [2.24, 2.45) is 0 Å². The van der Waals surface area contributed by atoms with Gasteiger partial charge < -0.3 is 15.4 Å². The lowest BCUT2D eigenvalue weighted by molar-refractivity contribution is -0.274. The summed E-state index contributed by atoms with van der Waals surface area (Å²) in [5.74, 6) is -0.288. The Balaban J connectivity index is 0.00000312. The van der Waals surface area contributed by atoms with E-state index in [0.717, 1.165) is 25.2 Å². The molecule has 0 unspecified atom stereocenters. The molecule has 0 aliphatic carbocycles. The molecule has 1 saturated heterocycles. The van der Waals surface area contributed by atoms with Crippen LogP contribution in [0, 0.1) is 0 Å².